The van der Waals surface area contributed by atoms with Crippen molar-refractivity contribution in [2.24, 2.45) is 0 Å². The third-order valence-electron chi connectivity index (χ3n) is 3.18. The quantitative estimate of drug-likeness (QED) is 0.525. The van der Waals surface area contributed by atoms with Gasteiger partial charge in [0.25, 0.3) is 9.05 Å². The maximum Gasteiger partial charge on any atom is 0.416 e. The van der Waals surface area contributed by atoms with E-state index in [2.05, 4.69) is 15.5 Å². The normalized spacial score (nSPS) is 12.1. The van der Waals surface area contributed by atoms with Crippen LogP contribution in [0.5, 0.6) is 0 Å². The SMILES string of the molecule is O=S(=O)(Cl)c1ccc(Sc2nnc(Nc3ccc(C(F)(F)F)cc3)s2)cc1. The monoisotopic (exact) mass is 451 g/mol. The van der Waals surface area contributed by atoms with Crippen LogP contribution >= 0.6 is 33.8 Å². The lowest BCUT2D eigenvalue weighted by atomic mass is 10.2. The van der Waals surface area contributed by atoms with Gasteiger partial charge in [-0.05, 0) is 48.5 Å². The van der Waals surface area contributed by atoms with Gasteiger partial charge in [0, 0.05) is 21.3 Å². The summed E-state index contributed by atoms with van der Waals surface area (Å²) in [5, 5.41) is 11.2. The summed E-state index contributed by atoms with van der Waals surface area (Å²) in [6.07, 6.45) is -4.39. The molecule has 0 atom stereocenters. The number of halogens is 4. The predicted octanol–water partition coefficient (Wildman–Crippen LogP) is 5.38. The molecule has 0 aliphatic heterocycles. The van der Waals surface area contributed by atoms with Crippen molar-refractivity contribution in [2.45, 2.75) is 20.3 Å². The highest BCUT2D eigenvalue weighted by atomic mass is 35.7. The summed E-state index contributed by atoms with van der Waals surface area (Å²) in [5.41, 5.74) is -0.281. The molecule has 12 heteroatoms. The summed E-state index contributed by atoms with van der Waals surface area (Å²) in [5.74, 6) is 0. The van der Waals surface area contributed by atoms with Gasteiger partial charge in [-0.2, -0.15) is 13.2 Å². The Balaban J connectivity index is 1.66. The number of hydrogen-bond acceptors (Lipinski definition) is 7. The standard InChI is InChI=1S/C15H9ClF3N3O2S3/c16-27(23,24)12-7-5-11(6-8-12)25-14-22-21-13(26-14)20-10-3-1-9(2-4-10)15(17,18)19/h1-8H,(H,20,21). The van der Waals surface area contributed by atoms with Crippen molar-refractivity contribution in [3.63, 3.8) is 0 Å². The molecule has 0 spiro atoms. The Kier molecular flexibility index (Phi) is 5.65. The first-order chi connectivity index (χ1) is 12.6. The minimum Gasteiger partial charge on any atom is -0.330 e. The third kappa shape index (κ3) is 5.34. The van der Waals surface area contributed by atoms with Crippen LogP contribution in [0.25, 0.3) is 0 Å². The second kappa shape index (κ2) is 7.66. The number of hydrogen-bond donors (Lipinski definition) is 1. The van der Waals surface area contributed by atoms with Crippen LogP contribution in [0.1, 0.15) is 5.56 Å². The number of alkyl halides is 3. The molecule has 2 aromatic carbocycles. The number of aromatic nitrogens is 2. The molecule has 3 rings (SSSR count). The Bertz CT molecular complexity index is 1040. The van der Waals surface area contributed by atoms with Crippen molar-refractivity contribution >= 4 is 53.7 Å². The largest absolute Gasteiger partial charge is 0.416 e. The van der Waals surface area contributed by atoms with E-state index in [9.17, 15) is 21.6 Å². The van der Waals surface area contributed by atoms with Gasteiger partial charge in [-0.15, -0.1) is 10.2 Å². The Morgan fingerprint density at radius 3 is 2.19 bits per heavy atom. The second-order valence-electron chi connectivity index (χ2n) is 5.08. The molecule has 1 heterocycles. The van der Waals surface area contributed by atoms with Gasteiger partial charge in [-0.1, -0.05) is 23.1 Å². The number of benzene rings is 2. The van der Waals surface area contributed by atoms with E-state index in [4.69, 9.17) is 10.7 Å². The minimum absolute atomic E-state index is 0.00422. The van der Waals surface area contributed by atoms with Gasteiger partial charge < -0.3 is 5.32 Å². The van der Waals surface area contributed by atoms with Gasteiger partial charge in [0.2, 0.25) is 5.13 Å². The molecule has 142 valence electrons. The Morgan fingerprint density at radius 1 is 1.00 bits per heavy atom. The maximum atomic E-state index is 12.6. The molecule has 5 nitrogen and oxygen atoms in total. The second-order valence-corrected chi connectivity index (χ2v) is 9.95. The van der Waals surface area contributed by atoms with E-state index < -0.39 is 20.8 Å². The van der Waals surface area contributed by atoms with Crippen molar-refractivity contribution < 1.29 is 21.6 Å². The molecule has 0 aliphatic carbocycles. The van der Waals surface area contributed by atoms with Crippen LogP contribution in [0.2, 0.25) is 0 Å². The van der Waals surface area contributed by atoms with Gasteiger partial charge in [-0.3, -0.25) is 0 Å². The molecule has 1 aromatic heterocycles. The number of rotatable bonds is 5. The van der Waals surface area contributed by atoms with Gasteiger partial charge in [0.15, 0.2) is 4.34 Å². The van der Waals surface area contributed by atoms with Crippen LogP contribution in [-0.2, 0) is 15.2 Å². The van der Waals surface area contributed by atoms with Crippen LogP contribution in [0.15, 0.2) is 62.7 Å². The average molecular weight is 452 g/mol. The topological polar surface area (TPSA) is 72.0 Å². The van der Waals surface area contributed by atoms with Crippen molar-refractivity contribution in [1.29, 1.82) is 0 Å². The highest BCUT2D eigenvalue weighted by Crippen LogP contribution is 2.34. The first kappa shape index (κ1) is 19.9. The lowest BCUT2D eigenvalue weighted by molar-refractivity contribution is -0.137. The lowest BCUT2D eigenvalue weighted by Crippen LogP contribution is -2.04. The Morgan fingerprint density at radius 2 is 1.63 bits per heavy atom. The van der Waals surface area contributed by atoms with Crippen LogP contribution in [0, 0.1) is 0 Å². The summed E-state index contributed by atoms with van der Waals surface area (Å²) in [4.78, 5) is 0.728. The van der Waals surface area contributed by atoms with Crippen molar-refractivity contribution in [3.8, 4) is 0 Å². The zero-order valence-electron chi connectivity index (χ0n) is 13.1. The zero-order chi connectivity index (χ0) is 19.7. The first-order valence-corrected chi connectivity index (χ1v) is 11.1. The molecule has 0 saturated heterocycles. The van der Waals surface area contributed by atoms with Crippen molar-refractivity contribution in [2.75, 3.05) is 5.32 Å². The number of anilines is 2. The van der Waals surface area contributed by atoms with Gasteiger partial charge >= 0.3 is 6.18 Å². The molecule has 0 saturated carbocycles. The smallest absolute Gasteiger partial charge is 0.330 e. The Labute approximate surface area is 165 Å². The number of nitrogens with one attached hydrogen (secondary N) is 1. The van der Waals surface area contributed by atoms with Crippen LogP contribution in [-0.4, -0.2) is 18.6 Å². The van der Waals surface area contributed by atoms with Crippen molar-refractivity contribution in [1.82, 2.24) is 10.2 Å². The van der Waals surface area contributed by atoms with E-state index in [1.165, 1.54) is 47.4 Å². The fourth-order valence-corrected chi connectivity index (χ4v) is 4.45. The van der Waals surface area contributed by atoms with Crippen LogP contribution in [0.4, 0.5) is 24.0 Å². The molecule has 3 aromatic rings. The summed E-state index contributed by atoms with van der Waals surface area (Å²) < 4.78 is 60.7. The molecule has 0 unspecified atom stereocenters. The van der Waals surface area contributed by atoms with Gasteiger partial charge in [-0.25, -0.2) is 8.42 Å². The summed E-state index contributed by atoms with van der Waals surface area (Å²) in [6.45, 7) is 0. The summed E-state index contributed by atoms with van der Waals surface area (Å²) in [6, 6.07) is 10.5. The molecular weight excluding hydrogens is 443 g/mol. The fourth-order valence-electron chi connectivity index (χ4n) is 1.94. The van der Waals surface area contributed by atoms with Crippen LogP contribution in [0.3, 0.4) is 0 Å². The van der Waals surface area contributed by atoms with E-state index >= 15 is 0 Å². The van der Waals surface area contributed by atoms with Gasteiger partial charge in [0.05, 0.1) is 10.5 Å². The molecule has 0 bridgehead atoms. The molecule has 0 radical (unpaired) electrons. The van der Waals surface area contributed by atoms with Crippen LogP contribution < -0.4 is 5.32 Å². The third-order valence-corrected chi connectivity index (χ3v) is 6.45. The maximum absolute atomic E-state index is 12.6. The lowest BCUT2D eigenvalue weighted by Gasteiger charge is -2.07. The first-order valence-electron chi connectivity index (χ1n) is 7.12. The molecule has 0 amide bonds. The predicted molar refractivity (Wildman–Crippen MR) is 98.2 cm³/mol. The molecule has 0 fully saturated rings. The Hall–Kier alpha value is -1.82. The van der Waals surface area contributed by atoms with E-state index in [1.54, 1.807) is 12.1 Å². The number of nitrogens with zero attached hydrogens (tertiary/aromatic N) is 2. The van der Waals surface area contributed by atoms with E-state index in [1.807, 2.05) is 0 Å². The van der Waals surface area contributed by atoms with Crippen molar-refractivity contribution in [3.05, 3.63) is 54.1 Å². The fraction of sp³-hybridized carbons (Fsp3) is 0.0667. The average Bonchev–Trinajstić information content (AvgIpc) is 3.01. The summed E-state index contributed by atoms with van der Waals surface area (Å²) in [7, 11) is 1.48. The zero-order valence-corrected chi connectivity index (χ0v) is 16.3. The minimum atomic E-state index is -4.39. The highest BCUT2D eigenvalue weighted by molar-refractivity contribution is 8.13. The molecule has 1 N–H and O–H groups in total. The highest BCUT2D eigenvalue weighted by Gasteiger charge is 2.29. The van der Waals surface area contributed by atoms with E-state index in [-0.39, 0.29) is 4.90 Å². The van der Waals surface area contributed by atoms with Gasteiger partial charge in [0.1, 0.15) is 0 Å². The molecule has 27 heavy (non-hydrogen) atoms. The van der Waals surface area contributed by atoms with E-state index in [0.717, 1.165) is 17.0 Å². The molecular formula is C15H9ClF3N3O2S3. The molecule has 0 aliphatic rings. The van der Waals surface area contributed by atoms with E-state index in [0.29, 0.717) is 15.2 Å². The summed E-state index contributed by atoms with van der Waals surface area (Å²) >= 11 is 2.47.